The van der Waals surface area contributed by atoms with Crippen LogP contribution in [0.5, 0.6) is 0 Å². The molecule has 2 rings (SSSR count). The zero-order chi connectivity index (χ0) is 16.8. The summed E-state index contributed by atoms with van der Waals surface area (Å²) in [6.07, 6.45) is 0.883. The smallest absolute Gasteiger partial charge is 0.317 e. The second-order valence-electron chi connectivity index (χ2n) is 5.18. The summed E-state index contributed by atoms with van der Waals surface area (Å²) in [4.78, 5) is 13.7. The minimum atomic E-state index is -0.0956. The Bertz CT molecular complexity index is 636. The molecule has 0 bridgehead atoms. The molecule has 0 saturated carbocycles. The molecule has 0 aromatic carbocycles. The van der Waals surface area contributed by atoms with Crippen molar-refractivity contribution in [3.63, 3.8) is 0 Å². The van der Waals surface area contributed by atoms with Gasteiger partial charge in [-0.1, -0.05) is 28.3 Å². The first-order valence-corrected chi connectivity index (χ1v) is 9.11. The lowest BCUT2D eigenvalue weighted by Gasteiger charge is -2.17. The Hall–Kier alpha value is -1.61. The first-order valence-electron chi connectivity index (χ1n) is 7.31. The lowest BCUT2D eigenvalue weighted by molar-refractivity contribution is 0.206. The Balaban J connectivity index is 1.66. The van der Waals surface area contributed by atoms with Crippen LogP contribution in [0.25, 0.3) is 0 Å². The van der Waals surface area contributed by atoms with Crippen molar-refractivity contribution >= 4 is 29.1 Å². The van der Waals surface area contributed by atoms with Gasteiger partial charge in [-0.05, 0) is 27.2 Å². The highest BCUT2D eigenvalue weighted by molar-refractivity contribution is 8.01. The zero-order valence-corrected chi connectivity index (χ0v) is 15.4. The first kappa shape index (κ1) is 17.7. The number of aryl methyl sites for hydroxylation is 3. The van der Waals surface area contributed by atoms with Gasteiger partial charge in [0, 0.05) is 24.9 Å². The summed E-state index contributed by atoms with van der Waals surface area (Å²) in [6.45, 7) is 6.80. The summed E-state index contributed by atoms with van der Waals surface area (Å²) in [5.74, 6) is 1.66. The van der Waals surface area contributed by atoms with E-state index >= 15 is 0 Å². The van der Waals surface area contributed by atoms with Gasteiger partial charge in [0.1, 0.15) is 10.8 Å². The van der Waals surface area contributed by atoms with Crippen LogP contribution >= 0.6 is 23.1 Å². The molecule has 7 nitrogen and oxygen atoms in total. The molecule has 1 N–H and O–H groups in total. The molecule has 2 aromatic heterocycles. The number of hydrogen-bond donors (Lipinski definition) is 1. The third-order valence-corrected chi connectivity index (χ3v) is 5.31. The van der Waals surface area contributed by atoms with Crippen molar-refractivity contribution in [3.8, 4) is 0 Å². The van der Waals surface area contributed by atoms with E-state index in [0.717, 1.165) is 38.5 Å². The summed E-state index contributed by atoms with van der Waals surface area (Å²) in [7, 11) is 1.76. The molecule has 9 heteroatoms. The molecule has 0 radical (unpaired) electrons. The topological polar surface area (TPSA) is 84.2 Å². The van der Waals surface area contributed by atoms with Crippen LogP contribution in [0.15, 0.2) is 8.86 Å². The van der Waals surface area contributed by atoms with Crippen molar-refractivity contribution in [1.29, 1.82) is 0 Å². The Labute approximate surface area is 143 Å². The van der Waals surface area contributed by atoms with Crippen molar-refractivity contribution in [2.45, 2.75) is 38.1 Å². The molecule has 0 aliphatic heterocycles. The van der Waals surface area contributed by atoms with Gasteiger partial charge < -0.3 is 14.7 Å². The number of hydrogen-bond acceptors (Lipinski definition) is 7. The largest absolute Gasteiger partial charge is 0.361 e. The normalized spacial score (nSPS) is 10.8. The van der Waals surface area contributed by atoms with Crippen molar-refractivity contribution in [2.24, 2.45) is 0 Å². The van der Waals surface area contributed by atoms with E-state index in [2.05, 4.69) is 20.7 Å². The van der Waals surface area contributed by atoms with Gasteiger partial charge in [0.15, 0.2) is 4.34 Å². The second-order valence-corrected chi connectivity index (χ2v) is 7.70. The Kier molecular flexibility index (Phi) is 6.40. The molecule has 0 aliphatic carbocycles. The number of nitrogens with zero attached hydrogens (tertiary/aromatic N) is 4. The number of thioether (sulfide) groups is 1. The van der Waals surface area contributed by atoms with Crippen LogP contribution in [0.4, 0.5) is 4.79 Å². The number of carbonyl (C=O) groups excluding carboxylic acids is 1. The SMILES string of the molecule is Cc1nnc(SCCCNC(=O)N(C)Cc2c(C)noc2C)s1. The summed E-state index contributed by atoms with van der Waals surface area (Å²) >= 11 is 3.26. The van der Waals surface area contributed by atoms with Crippen LogP contribution in [-0.2, 0) is 6.54 Å². The lowest BCUT2D eigenvalue weighted by Crippen LogP contribution is -2.37. The fourth-order valence-electron chi connectivity index (χ4n) is 1.94. The van der Waals surface area contributed by atoms with Gasteiger partial charge >= 0.3 is 6.03 Å². The summed E-state index contributed by atoms with van der Waals surface area (Å²) in [6, 6.07) is -0.0956. The summed E-state index contributed by atoms with van der Waals surface area (Å²) in [5, 5.41) is 15.8. The number of rotatable bonds is 7. The third-order valence-electron chi connectivity index (χ3n) is 3.25. The van der Waals surface area contributed by atoms with E-state index in [1.807, 2.05) is 20.8 Å². The van der Waals surface area contributed by atoms with Gasteiger partial charge in [-0.3, -0.25) is 0 Å². The van der Waals surface area contributed by atoms with Gasteiger partial charge in [-0.25, -0.2) is 4.79 Å². The van der Waals surface area contributed by atoms with Crippen molar-refractivity contribution in [2.75, 3.05) is 19.3 Å². The number of nitrogens with one attached hydrogen (secondary N) is 1. The second kappa shape index (κ2) is 8.30. The van der Waals surface area contributed by atoms with E-state index in [1.165, 1.54) is 0 Å². The predicted octanol–water partition coefficient (Wildman–Crippen LogP) is 2.78. The summed E-state index contributed by atoms with van der Waals surface area (Å²) in [5.41, 5.74) is 1.79. The molecule has 2 aromatic rings. The fourth-order valence-corrected chi connectivity index (χ4v) is 3.76. The van der Waals surface area contributed by atoms with E-state index in [4.69, 9.17) is 4.52 Å². The molecule has 0 spiro atoms. The van der Waals surface area contributed by atoms with Crippen LogP contribution in [0.2, 0.25) is 0 Å². The van der Waals surface area contributed by atoms with E-state index < -0.39 is 0 Å². The van der Waals surface area contributed by atoms with Crippen LogP contribution in [0, 0.1) is 20.8 Å². The maximum absolute atomic E-state index is 12.1. The fraction of sp³-hybridized carbons (Fsp3) is 0.571. The van der Waals surface area contributed by atoms with E-state index in [-0.39, 0.29) is 6.03 Å². The maximum Gasteiger partial charge on any atom is 0.317 e. The van der Waals surface area contributed by atoms with Crippen molar-refractivity contribution in [3.05, 3.63) is 22.0 Å². The quantitative estimate of drug-likeness (QED) is 0.607. The minimum Gasteiger partial charge on any atom is -0.361 e. The van der Waals surface area contributed by atoms with Crippen molar-refractivity contribution in [1.82, 2.24) is 25.6 Å². The van der Waals surface area contributed by atoms with Crippen LogP contribution in [0.3, 0.4) is 0 Å². The molecule has 0 atom stereocenters. The van der Waals surface area contributed by atoms with Crippen molar-refractivity contribution < 1.29 is 9.32 Å². The number of aromatic nitrogens is 3. The van der Waals surface area contributed by atoms with E-state index in [1.54, 1.807) is 35.0 Å². The predicted molar refractivity (Wildman–Crippen MR) is 90.8 cm³/mol. The zero-order valence-electron chi connectivity index (χ0n) is 13.8. The van der Waals surface area contributed by atoms with Crippen LogP contribution in [0.1, 0.15) is 28.4 Å². The Morgan fingerprint density at radius 1 is 1.35 bits per heavy atom. The monoisotopic (exact) mass is 355 g/mol. The average molecular weight is 355 g/mol. The highest BCUT2D eigenvalue weighted by atomic mass is 32.2. The Morgan fingerprint density at radius 2 is 2.13 bits per heavy atom. The molecule has 0 saturated heterocycles. The third kappa shape index (κ3) is 5.21. The van der Waals surface area contributed by atoms with Gasteiger partial charge in [0.05, 0.1) is 12.2 Å². The molecular weight excluding hydrogens is 334 g/mol. The maximum atomic E-state index is 12.1. The molecule has 0 fully saturated rings. The van der Waals surface area contributed by atoms with E-state index in [9.17, 15) is 4.79 Å². The van der Waals surface area contributed by atoms with Crippen LogP contribution in [-0.4, -0.2) is 45.6 Å². The molecular formula is C14H21N5O2S2. The first-order chi connectivity index (χ1) is 11.0. The molecule has 2 amide bonds. The average Bonchev–Trinajstić information content (AvgIpc) is 3.06. The highest BCUT2D eigenvalue weighted by Gasteiger charge is 2.14. The summed E-state index contributed by atoms with van der Waals surface area (Å²) < 4.78 is 6.09. The molecule has 2 heterocycles. The lowest BCUT2D eigenvalue weighted by atomic mass is 10.2. The molecule has 0 unspecified atom stereocenters. The highest BCUT2D eigenvalue weighted by Crippen LogP contribution is 2.22. The molecule has 0 aliphatic rings. The van der Waals surface area contributed by atoms with Gasteiger partial charge in [-0.2, -0.15) is 0 Å². The van der Waals surface area contributed by atoms with Crippen LogP contribution < -0.4 is 5.32 Å². The number of amides is 2. The molecule has 23 heavy (non-hydrogen) atoms. The standard InChI is InChI=1S/C14H21N5O2S2/c1-9-12(10(2)21-18-9)8-19(4)13(20)15-6-5-7-22-14-17-16-11(3)23-14/h5-8H2,1-4H3,(H,15,20). The van der Waals surface area contributed by atoms with Gasteiger partial charge in [0.2, 0.25) is 0 Å². The van der Waals surface area contributed by atoms with Gasteiger partial charge in [0.25, 0.3) is 0 Å². The number of urea groups is 1. The van der Waals surface area contributed by atoms with Gasteiger partial charge in [-0.15, -0.1) is 10.2 Å². The Morgan fingerprint density at radius 3 is 2.74 bits per heavy atom. The minimum absolute atomic E-state index is 0.0956. The molecule has 126 valence electrons. The number of carbonyl (C=O) groups is 1. The van der Waals surface area contributed by atoms with E-state index in [0.29, 0.717) is 13.1 Å².